The van der Waals surface area contributed by atoms with Crippen molar-refractivity contribution in [2.45, 2.75) is 6.92 Å². The molecule has 2 rings (SSSR count). The summed E-state index contributed by atoms with van der Waals surface area (Å²) in [6.07, 6.45) is 0.646. The summed E-state index contributed by atoms with van der Waals surface area (Å²) in [6.45, 7) is 1.72. The molecule has 1 aromatic carbocycles. The molecule has 2 aromatic rings. The number of benzene rings is 1. The molecular weight excluding hydrogens is 238 g/mol. The lowest BCUT2D eigenvalue weighted by Crippen LogP contribution is -2.03. The molecule has 0 aliphatic rings. The molecule has 0 saturated carbocycles. The van der Waals surface area contributed by atoms with E-state index >= 15 is 0 Å². The number of nitrogens with one attached hydrogen (secondary N) is 1. The number of para-hydroxylation sites is 1. The maximum absolute atomic E-state index is 10.9. The van der Waals surface area contributed by atoms with Gasteiger partial charge >= 0.3 is 0 Å². The number of aldehydes is 1. The Kier molecular flexibility index (Phi) is 3.35. The van der Waals surface area contributed by atoms with E-state index in [2.05, 4.69) is 15.3 Å². The number of carbonyl (C=O) groups excluding carboxylic acids is 1. The highest BCUT2D eigenvalue weighted by Crippen LogP contribution is 2.22. The maximum atomic E-state index is 10.9. The predicted octanol–water partition coefficient (Wildman–Crippen LogP) is 2.99. The topological polar surface area (TPSA) is 54.9 Å². The van der Waals surface area contributed by atoms with Crippen LogP contribution in [0.15, 0.2) is 30.3 Å². The number of hydrogen-bond acceptors (Lipinski definition) is 4. The summed E-state index contributed by atoms with van der Waals surface area (Å²) < 4.78 is 0. The summed E-state index contributed by atoms with van der Waals surface area (Å²) in [7, 11) is 0. The molecule has 0 fully saturated rings. The van der Waals surface area contributed by atoms with Gasteiger partial charge in [-0.25, -0.2) is 9.97 Å². The van der Waals surface area contributed by atoms with Gasteiger partial charge in [0.25, 0.3) is 0 Å². The molecule has 0 aliphatic heterocycles. The smallest absolute Gasteiger partial charge is 0.156 e. The van der Waals surface area contributed by atoms with E-state index in [9.17, 15) is 4.79 Å². The van der Waals surface area contributed by atoms with Crippen molar-refractivity contribution in [3.8, 4) is 0 Å². The van der Waals surface area contributed by atoms with Crippen LogP contribution in [0.5, 0.6) is 0 Å². The molecule has 0 atom stereocenters. The van der Waals surface area contributed by atoms with Crippen LogP contribution in [-0.2, 0) is 0 Å². The minimum atomic E-state index is 0.158. The minimum Gasteiger partial charge on any atom is -0.339 e. The van der Waals surface area contributed by atoms with E-state index in [0.29, 0.717) is 17.9 Å². The summed E-state index contributed by atoms with van der Waals surface area (Å²) in [5.74, 6) is 0.933. The van der Waals surface area contributed by atoms with Crippen molar-refractivity contribution < 1.29 is 4.79 Å². The first-order chi connectivity index (χ1) is 8.20. The Morgan fingerprint density at radius 3 is 2.59 bits per heavy atom. The van der Waals surface area contributed by atoms with Crippen LogP contribution in [0.4, 0.5) is 11.5 Å². The Balaban J connectivity index is 2.41. The first-order valence-electron chi connectivity index (χ1n) is 5.02. The van der Waals surface area contributed by atoms with E-state index in [0.717, 1.165) is 5.69 Å². The third-order valence-corrected chi connectivity index (χ3v) is 2.45. The van der Waals surface area contributed by atoms with Crippen molar-refractivity contribution in [3.05, 3.63) is 46.9 Å². The molecule has 1 heterocycles. The highest BCUT2D eigenvalue weighted by molar-refractivity contribution is 6.32. The molecule has 0 unspecified atom stereocenters. The van der Waals surface area contributed by atoms with E-state index in [-0.39, 0.29) is 10.7 Å². The van der Waals surface area contributed by atoms with Gasteiger partial charge in [-0.2, -0.15) is 0 Å². The van der Waals surface area contributed by atoms with Crippen molar-refractivity contribution in [2.75, 3.05) is 5.32 Å². The molecule has 0 saturated heterocycles. The van der Waals surface area contributed by atoms with E-state index in [4.69, 9.17) is 11.6 Å². The van der Waals surface area contributed by atoms with Gasteiger partial charge in [0.1, 0.15) is 16.8 Å². The molecule has 0 amide bonds. The number of anilines is 2. The minimum absolute atomic E-state index is 0.158. The SMILES string of the molecule is Cc1nc(Cl)c(C=O)c(Nc2ccccc2)n1. The Bertz CT molecular complexity index is 543. The third kappa shape index (κ3) is 2.60. The first-order valence-corrected chi connectivity index (χ1v) is 5.40. The van der Waals surface area contributed by atoms with E-state index in [1.54, 1.807) is 6.92 Å². The van der Waals surface area contributed by atoms with Crippen molar-refractivity contribution in [2.24, 2.45) is 0 Å². The normalized spacial score (nSPS) is 10.0. The summed E-state index contributed by atoms with van der Waals surface area (Å²) >= 11 is 5.88. The molecule has 1 aromatic heterocycles. The van der Waals surface area contributed by atoms with E-state index in [1.165, 1.54) is 0 Å². The molecule has 0 bridgehead atoms. The number of nitrogens with zero attached hydrogens (tertiary/aromatic N) is 2. The number of aryl methyl sites for hydroxylation is 1. The zero-order valence-corrected chi connectivity index (χ0v) is 9.90. The zero-order valence-electron chi connectivity index (χ0n) is 9.14. The monoisotopic (exact) mass is 247 g/mol. The fourth-order valence-corrected chi connectivity index (χ4v) is 1.66. The van der Waals surface area contributed by atoms with Crippen molar-refractivity contribution >= 4 is 29.4 Å². The van der Waals surface area contributed by atoms with Crippen LogP contribution in [0.2, 0.25) is 5.15 Å². The molecule has 0 spiro atoms. The van der Waals surface area contributed by atoms with Gasteiger partial charge in [0.2, 0.25) is 0 Å². The molecule has 0 aliphatic carbocycles. The standard InChI is InChI=1S/C12H10ClN3O/c1-8-14-11(13)10(7-17)12(15-8)16-9-5-3-2-4-6-9/h2-7H,1H3,(H,14,15,16). The number of carbonyl (C=O) groups is 1. The molecule has 86 valence electrons. The average Bonchev–Trinajstić information content (AvgIpc) is 2.30. The van der Waals surface area contributed by atoms with Gasteiger partial charge < -0.3 is 5.32 Å². The maximum Gasteiger partial charge on any atom is 0.156 e. The van der Waals surface area contributed by atoms with Gasteiger partial charge in [-0.05, 0) is 19.1 Å². The Labute approximate surface area is 104 Å². The summed E-state index contributed by atoms with van der Waals surface area (Å²) in [5.41, 5.74) is 1.10. The number of rotatable bonds is 3. The molecule has 1 N–H and O–H groups in total. The van der Waals surface area contributed by atoms with Gasteiger partial charge in [-0.3, -0.25) is 4.79 Å². The first kappa shape index (κ1) is 11.5. The highest BCUT2D eigenvalue weighted by Gasteiger charge is 2.10. The molecule has 0 radical (unpaired) electrons. The molecule has 17 heavy (non-hydrogen) atoms. The number of halogens is 1. The average molecular weight is 248 g/mol. The van der Waals surface area contributed by atoms with Gasteiger partial charge in [0.15, 0.2) is 6.29 Å². The van der Waals surface area contributed by atoms with E-state index < -0.39 is 0 Å². The third-order valence-electron chi connectivity index (χ3n) is 2.17. The Morgan fingerprint density at radius 2 is 1.94 bits per heavy atom. The second kappa shape index (κ2) is 4.93. The van der Waals surface area contributed by atoms with Crippen LogP contribution >= 0.6 is 11.6 Å². The van der Waals surface area contributed by atoms with Gasteiger partial charge in [0.05, 0.1) is 5.56 Å². The lowest BCUT2D eigenvalue weighted by Gasteiger charge is -2.09. The fraction of sp³-hybridized carbons (Fsp3) is 0.0833. The highest BCUT2D eigenvalue weighted by atomic mass is 35.5. The zero-order chi connectivity index (χ0) is 12.3. The number of aromatic nitrogens is 2. The summed E-state index contributed by atoms with van der Waals surface area (Å²) in [6, 6.07) is 9.43. The van der Waals surface area contributed by atoms with Crippen molar-refractivity contribution in [3.63, 3.8) is 0 Å². The van der Waals surface area contributed by atoms with Gasteiger partial charge in [-0.1, -0.05) is 29.8 Å². The van der Waals surface area contributed by atoms with Crippen molar-refractivity contribution in [1.82, 2.24) is 9.97 Å². The lowest BCUT2D eigenvalue weighted by molar-refractivity contribution is 0.112. The van der Waals surface area contributed by atoms with Gasteiger partial charge in [0, 0.05) is 5.69 Å². The van der Waals surface area contributed by atoms with Gasteiger partial charge in [-0.15, -0.1) is 0 Å². The molecule has 4 nitrogen and oxygen atoms in total. The Morgan fingerprint density at radius 1 is 1.24 bits per heavy atom. The van der Waals surface area contributed by atoms with Crippen LogP contribution in [0, 0.1) is 6.92 Å². The van der Waals surface area contributed by atoms with Crippen molar-refractivity contribution in [1.29, 1.82) is 0 Å². The quantitative estimate of drug-likeness (QED) is 0.669. The van der Waals surface area contributed by atoms with Crippen LogP contribution in [-0.4, -0.2) is 16.3 Å². The van der Waals surface area contributed by atoms with Crippen LogP contribution in [0.1, 0.15) is 16.2 Å². The summed E-state index contributed by atoms with van der Waals surface area (Å²) in [5, 5.41) is 3.20. The predicted molar refractivity (Wildman–Crippen MR) is 66.9 cm³/mol. The second-order valence-corrected chi connectivity index (χ2v) is 3.79. The lowest BCUT2D eigenvalue weighted by atomic mass is 10.3. The molecule has 5 heteroatoms. The Hall–Kier alpha value is -1.94. The summed E-state index contributed by atoms with van der Waals surface area (Å²) in [4.78, 5) is 19.0. The second-order valence-electron chi connectivity index (χ2n) is 3.43. The van der Waals surface area contributed by atoms with E-state index in [1.807, 2.05) is 30.3 Å². The number of hydrogen-bond donors (Lipinski definition) is 1. The largest absolute Gasteiger partial charge is 0.339 e. The van der Waals surface area contributed by atoms with Crippen LogP contribution < -0.4 is 5.32 Å². The van der Waals surface area contributed by atoms with Crippen LogP contribution in [0.3, 0.4) is 0 Å². The fourth-order valence-electron chi connectivity index (χ4n) is 1.40. The van der Waals surface area contributed by atoms with Crippen LogP contribution in [0.25, 0.3) is 0 Å². The molecular formula is C12H10ClN3O.